The fraction of sp³-hybridized carbons (Fsp3) is 0.462. The number of aliphatic carboxylic acids is 1. The zero-order chi connectivity index (χ0) is 23.3. The van der Waals surface area contributed by atoms with Gasteiger partial charge in [0, 0.05) is 5.56 Å². The van der Waals surface area contributed by atoms with Crippen LogP contribution in [-0.4, -0.2) is 23.6 Å². The van der Waals surface area contributed by atoms with Crippen LogP contribution in [0.25, 0.3) is 0 Å². The number of aryl methyl sites for hydroxylation is 2. The molecule has 0 saturated heterocycles. The van der Waals surface area contributed by atoms with Gasteiger partial charge in [-0.25, -0.2) is 0 Å². The second-order valence-corrected chi connectivity index (χ2v) is 9.23. The molecule has 5 nitrogen and oxygen atoms in total. The highest BCUT2D eigenvalue weighted by Crippen LogP contribution is 2.30. The minimum atomic E-state index is -0.935. The van der Waals surface area contributed by atoms with E-state index in [-0.39, 0.29) is 5.91 Å². The molecule has 6 heteroatoms. The standard InChI is InChI=1S/C26H32ClNO4/c1-16-13-21(32-12-11-19-7-5-4-6-8-19)14-17(2)24(16)25(29)28-23-15-20(9-10-22(23)27)18(3)26(30)31/h9-10,13-15,18-19H,4-8,11-12H2,1-3H3,(H,28,29)(H,30,31). The third-order valence-corrected chi connectivity index (χ3v) is 6.69. The van der Waals surface area contributed by atoms with Crippen molar-refractivity contribution in [3.63, 3.8) is 0 Å². The van der Waals surface area contributed by atoms with Crippen molar-refractivity contribution in [1.29, 1.82) is 0 Å². The Balaban J connectivity index is 1.69. The van der Waals surface area contributed by atoms with Gasteiger partial charge in [-0.3, -0.25) is 9.59 Å². The topological polar surface area (TPSA) is 75.6 Å². The predicted molar refractivity (Wildman–Crippen MR) is 128 cm³/mol. The van der Waals surface area contributed by atoms with Crippen LogP contribution in [0.4, 0.5) is 5.69 Å². The first-order valence-corrected chi connectivity index (χ1v) is 11.7. The maximum absolute atomic E-state index is 13.0. The smallest absolute Gasteiger partial charge is 0.310 e. The van der Waals surface area contributed by atoms with Gasteiger partial charge in [-0.1, -0.05) is 49.8 Å². The van der Waals surface area contributed by atoms with Gasteiger partial charge in [0.2, 0.25) is 0 Å². The molecule has 2 aromatic rings. The summed E-state index contributed by atoms with van der Waals surface area (Å²) >= 11 is 6.26. The van der Waals surface area contributed by atoms with Gasteiger partial charge in [0.05, 0.1) is 23.2 Å². The molecule has 2 aromatic carbocycles. The number of carbonyl (C=O) groups excluding carboxylic acids is 1. The van der Waals surface area contributed by atoms with Crippen molar-refractivity contribution in [2.75, 3.05) is 11.9 Å². The van der Waals surface area contributed by atoms with Gasteiger partial charge in [-0.15, -0.1) is 0 Å². The number of rotatable bonds is 8. The molecule has 1 aliphatic carbocycles. The van der Waals surface area contributed by atoms with Crippen LogP contribution in [-0.2, 0) is 4.79 Å². The first kappa shape index (κ1) is 24.1. The minimum Gasteiger partial charge on any atom is -0.494 e. The molecule has 1 fully saturated rings. The maximum atomic E-state index is 13.0. The number of anilines is 1. The molecule has 0 heterocycles. The second kappa shape index (κ2) is 10.9. The Hall–Kier alpha value is -2.53. The largest absolute Gasteiger partial charge is 0.494 e. The van der Waals surface area contributed by atoms with Gasteiger partial charge in [-0.2, -0.15) is 0 Å². The molecule has 0 bridgehead atoms. The van der Waals surface area contributed by atoms with Crippen molar-refractivity contribution >= 4 is 29.2 Å². The highest BCUT2D eigenvalue weighted by Gasteiger charge is 2.19. The third-order valence-electron chi connectivity index (χ3n) is 6.36. The molecule has 0 spiro atoms. The molecule has 3 rings (SSSR count). The molecule has 1 unspecified atom stereocenters. The van der Waals surface area contributed by atoms with Gasteiger partial charge >= 0.3 is 5.97 Å². The van der Waals surface area contributed by atoms with Crippen LogP contribution in [0.1, 0.15) is 78.4 Å². The summed E-state index contributed by atoms with van der Waals surface area (Å²) in [5, 5.41) is 12.5. The SMILES string of the molecule is Cc1cc(OCCC2CCCCC2)cc(C)c1C(=O)Nc1cc(C(C)C(=O)O)ccc1Cl. The Morgan fingerprint density at radius 1 is 1.12 bits per heavy atom. The van der Waals surface area contributed by atoms with Gasteiger partial charge in [0.25, 0.3) is 5.91 Å². The number of carboxylic acid groups (broad SMARTS) is 1. The van der Waals surface area contributed by atoms with E-state index in [0.717, 1.165) is 29.2 Å². The first-order chi connectivity index (χ1) is 15.3. The molecule has 1 atom stereocenters. The summed E-state index contributed by atoms with van der Waals surface area (Å²) in [5.41, 5.74) is 3.18. The molecule has 0 radical (unpaired) electrons. The average molecular weight is 458 g/mol. The molecule has 0 aromatic heterocycles. The number of halogens is 1. The Bertz CT molecular complexity index is 959. The van der Waals surface area contributed by atoms with Gasteiger partial charge < -0.3 is 15.2 Å². The van der Waals surface area contributed by atoms with E-state index in [1.807, 2.05) is 26.0 Å². The summed E-state index contributed by atoms with van der Waals surface area (Å²) < 4.78 is 6.00. The van der Waals surface area contributed by atoms with Gasteiger partial charge in [0.15, 0.2) is 0 Å². The monoisotopic (exact) mass is 457 g/mol. The van der Waals surface area contributed by atoms with E-state index in [2.05, 4.69) is 5.32 Å². The van der Waals surface area contributed by atoms with E-state index < -0.39 is 11.9 Å². The summed E-state index contributed by atoms with van der Waals surface area (Å²) in [4.78, 5) is 24.3. The maximum Gasteiger partial charge on any atom is 0.310 e. The van der Waals surface area contributed by atoms with Crippen LogP contribution in [0.15, 0.2) is 30.3 Å². The van der Waals surface area contributed by atoms with Crippen molar-refractivity contribution in [2.45, 2.75) is 65.2 Å². The highest BCUT2D eigenvalue weighted by atomic mass is 35.5. The van der Waals surface area contributed by atoms with Gasteiger partial charge in [-0.05, 0) is 74.1 Å². The molecule has 1 aliphatic rings. The number of nitrogens with one attached hydrogen (secondary N) is 1. The molecule has 1 saturated carbocycles. The van der Waals surface area contributed by atoms with Crippen LogP contribution >= 0.6 is 11.6 Å². The summed E-state index contributed by atoms with van der Waals surface area (Å²) in [6, 6.07) is 8.68. The van der Waals surface area contributed by atoms with E-state index in [4.69, 9.17) is 16.3 Å². The number of hydrogen-bond acceptors (Lipinski definition) is 3. The quantitative estimate of drug-likeness (QED) is 0.459. The lowest BCUT2D eigenvalue weighted by molar-refractivity contribution is -0.138. The lowest BCUT2D eigenvalue weighted by Crippen LogP contribution is -2.16. The van der Waals surface area contributed by atoms with E-state index in [9.17, 15) is 14.7 Å². The number of benzene rings is 2. The van der Waals surface area contributed by atoms with Crippen molar-refractivity contribution < 1.29 is 19.4 Å². The molecule has 0 aliphatic heterocycles. The Morgan fingerprint density at radius 2 is 1.78 bits per heavy atom. The van der Waals surface area contributed by atoms with E-state index in [0.29, 0.717) is 28.4 Å². The third kappa shape index (κ3) is 6.04. The number of ether oxygens (including phenoxy) is 1. The van der Waals surface area contributed by atoms with Crippen molar-refractivity contribution in [3.05, 3.63) is 57.6 Å². The fourth-order valence-electron chi connectivity index (χ4n) is 4.42. The minimum absolute atomic E-state index is 0.282. The average Bonchev–Trinajstić information content (AvgIpc) is 2.75. The van der Waals surface area contributed by atoms with Gasteiger partial charge in [0.1, 0.15) is 5.75 Å². The van der Waals surface area contributed by atoms with E-state index >= 15 is 0 Å². The molecular weight excluding hydrogens is 426 g/mol. The lowest BCUT2D eigenvalue weighted by Gasteiger charge is -2.21. The first-order valence-electron chi connectivity index (χ1n) is 11.3. The van der Waals surface area contributed by atoms with Crippen LogP contribution in [0.5, 0.6) is 5.75 Å². The van der Waals surface area contributed by atoms with E-state index in [1.54, 1.807) is 25.1 Å². The second-order valence-electron chi connectivity index (χ2n) is 8.83. The zero-order valence-corrected chi connectivity index (χ0v) is 19.8. The molecule has 2 N–H and O–H groups in total. The predicted octanol–water partition coefficient (Wildman–Crippen LogP) is 6.75. The summed E-state index contributed by atoms with van der Waals surface area (Å²) in [6.45, 7) is 6.07. The molecule has 32 heavy (non-hydrogen) atoms. The Labute approximate surface area is 195 Å². The highest BCUT2D eigenvalue weighted by molar-refractivity contribution is 6.34. The number of carboxylic acids is 1. The normalized spacial score (nSPS) is 15.2. The summed E-state index contributed by atoms with van der Waals surface area (Å²) in [7, 11) is 0. The number of hydrogen-bond donors (Lipinski definition) is 2. The van der Waals surface area contributed by atoms with E-state index in [1.165, 1.54) is 32.1 Å². The fourth-order valence-corrected chi connectivity index (χ4v) is 4.58. The number of carbonyl (C=O) groups is 2. The molecule has 1 amide bonds. The summed E-state index contributed by atoms with van der Waals surface area (Å²) in [5.74, 6) is -0.370. The zero-order valence-electron chi connectivity index (χ0n) is 19.0. The molecular formula is C26H32ClNO4. The van der Waals surface area contributed by atoms with Crippen LogP contribution < -0.4 is 10.1 Å². The van der Waals surface area contributed by atoms with Crippen LogP contribution in [0.3, 0.4) is 0 Å². The number of amides is 1. The molecule has 172 valence electrons. The van der Waals surface area contributed by atoms with Crippen molar-refractivity contribution in [2.24, 2.45) is 5.92 Å². The Morgan fingerprint density at radius 3 is 2.41 bits per heavy atom. The van der Waals surface area contributed by atoms with Crippen LogP contribution in [0.2, 0.25) is 5.02 Å². The Kier molecular flexibility index (Phi) is 8.19. The van der Waals surface area contributed by atoms with Crippen LogP contribution in [0, 0.1) is 19.8 Å². The lowest BCUT2D eigenvalue weighted by atomic mass is 9.87. The van der Waals surface area contributed by atoms with Crippen molar-refractivity contribution in [3.8, 4) is 5.75 Å². The summed E-state index contributed by atoms with van der Waals surface area (Å²) in [6.07, 6.45) is 7.69. The van der Waals surface area contributed by atoms with Crippen molar-refractivity contribution in [1.82, 2.24) is 0 Å².